The molecule has 3 atom stereocenters. The van der Waals surface area contributed by atoms with E-state index < -0.39 is 11.8 Å². The first kappa shape index (κ1) is 17.0. The monoisotopic (exact) mass is 314 g/mol. The van der Waals surface area contributed by atoms with Crippen molar-refractivity contribution in [3.8, 4) is 0 Å². The predicted octanol–water partition coefficient (Wildman–Crippen LogP) is 3.24. The molecule has 0 unspecified atom stereocenters. The third kappa shape index (κ3) is 3.52. The molecule has 1 aromatic rings. The summed E-state index contributed by atoms with van der Waals surface area (Å²) >= 11 is 0. The summed E-state index contributed by atoms with van der Waals surface area (Å²) in [4.78, 5) is 24.5. The minimum absolute atomic E-state index is 0.215. The molecule has 4 nitrogen and oxygen atoms in total. The van der Waals surface area contributed by atoms with Gasteiger partial charge in [0.25, 0.3) is 0 Å². The number of carbonyl (C=O) groups is 2. The lowest BCUT2D eigenvalue weighted by Crippen LogP contribution is -2.38. The van der Waals surface area contributed by atoms with Crippen molar-refractivity contribution >= 4 is 17.5 Å². The molecule has 2 rings (SSSR count). The van der Waals surface area contributed by atoms with E-state index in [-0.39, 0.29) is 17.9 Å². The summed E-state index contributed by atoms with van der Waals surface area (Å²) in [6, 6.07) is 9.85. The Morgan fingerprint density at radius 1 is 1.09 bits per heavy atom. The fourth-order valence-corrected chi connectivity index (χ4v) is 3.21. The van der Waals surface area contributed by atoms with E-state index in [1.54, 1.807) is 0 Å². The molecular weight excluding hydrogens is 292 g/mol. The lowest BCUT2D eigenvalue weighted by Gasteiger charge is -2.33. The van der Waals surface area contributed by atoms with Crippen LogP contribution in [0.1, 0.15) is 18.9 Å². The van der Waals surface area contributed by atoms with Gasteiger partial charge in [-0.15, -0.1) is 0 Å². The Labute approximate surface area is 136 Å². The number of carbonyl (C=O) groups excluding carboxylic acids is 2. The van der Waals surface area contributed by atoms with E-state index in [4.69, 9.17) is 9.47 Å². The van der Waals surface area contributed by atoms with E-state index in [9.17, 15) is 9.59 Å². The highest BCUT2D eigenvalue weighted by Gasteiger charge is 2.42. The van der Waals surface area contributed by atoms with Crippen LogP contribution < -0.4 is 0 Å². The number of hydrogen-bond acceptors (Lipinski definition) is 4. The number of methoxy groups -OCH3 is 2. The molecule has 0 amide bonds. The SMILES string of the molecule is C/C=C(\c1ccccc1)[C@H]1C=CC[C@@H](C(=O)OC)[C@@H]1C(=O)OC. The second-order valence-corrected chi connectivity index (χ2v) is 5.48. The van der Waals surface area contributed by atoms with Crippen molar-refractivity contribution < 1.29 is 19.1 Å². The molecule has 1 aliphatic carbocycles. The lowest BCUT2D eigenvalue weighted by atomic mass is 9.71. The van der Waals surface area contributed by atoms with Crippen LogP contribution in [0.2, 0.25) is 0 Å². The average Bonchev–Trinajstić information content (AvgIpc) is 2.61. The van der Waals surface area contributed by atoms with Crippen molar-refractivity contribution in [2.75, 3.05) is 14.2 Å². The number of allylic oxidation sites excluding steroid dienone is 4. The zero-order valence-corrected chi connectivity index (χ0v) is 13.7. The van der Waals surface area contributed by atoms with Crippen LogP contribution in [0.25, 0.3) is 5.57 Å². The fraction of sp³-hybridized carbons (Fsp3) is 0.368. The predicted molar refractivity (Wildman–Crippen MR) is 88.4 cm³/mol. The number of benzene rings is 1. The highest BCUT2D eigenvalue weighted by molar-refractivity contribution is 5.86. The van der Waals surface area contributed by atoms with Crippen molar-refractivity contribution in [2.24, 2.45) is 17.8 Å². The van der Waals surface area contributed by atoms with Gasteiger partial charge >= 0.3 is 11.9 Å². The Hall–Kier alpha value is -2.36. The minimum atomic E-state index is -0.580. The molecular formula is C19H22O4. The van der Waals surface area contributed by atoms with E-state index in [1.165, 1.54) is 14.2 Å². The zero-order valence-electron chi connectivity index (χ0n) is 13.7. The van der Waals surface area contributed by atoms with Crippen molar-refractivity contribution in [1.29, 1.82) is 0 Å². The molecule has 0 aliphatic heterocycles. The molecule has 0 saturated heterocycles. The van der Waals surface area contributed by atoms with Crippen LogP contribution in [0, 0.1) is 17.8 Å². The minimum Gasteiger partial charge on any atom is -0.469 e. The second kappa shape index (κ2) is 7.77. The first-order valence-corrected chi connectivity index (χ1v) is 7.68. The van der Waals surface area contributed by atoms with Gasteiger partial charge in [-0.3, -0.25) is 9.59 Å². The lowest BCUT2D eigenvalue weighted by molar-refractivity contribution is -0.158. The number of hydrogen-bond donors (Lipinski definition) is 0. The van der Waals surface area contributed by atoms with Gasteiger partial charge < -0.3 is 9.47 Å². The van der Waals surface area contributed by atoms with Gasteiger partial charge in [0.1, 0.15) is 0 Å². The summed E-state index contributed by atoms with van der Waals surface area (Å²) in [7, 11) is 2.70. The number of esters is 2. The van der Waals surface area contributed by atoms with Gasteiger partial charge in [-0.25, -0.2) is 0 Å². The molecule has 0 spiro atoms. The van der Waals surface area contributed by atoms with E-state index in [0.29, 0.717) is 6.42 Å². The Kier molecular flexibility index (Phi) is 5.74. The molecule has 4 heteroatoms. The van der Waals surface area contributed by atoms with E-state index in [1.807, 2.05) is 55.5 Å². The smallest absolute Gasteiger partial charge is 0.310 e. The quantitative estimate of drug-likeness (QED) is 0.632. The van der Waals surface area contributed by atoms with Crippen LogP contribution in [-0.2, 0) is 19.1 Å². The van der Waals surface area contributed by atoms with Gasteiger partial charge in [-0.1, -0.05) is 48.6 Å². The van der Waals surface area contributed by atoms with Gasteiger partial charge in [0.2, 0.25) is 0 Å². The Morgan fingerprint density at radius 2 is 1.74 bits per heavy atom. The average molecular weight is 314 g/mol. The van der Waals surface area contributed by atoms with E-state index in [0.717, 1.165) is 11.1 Å². The number of rotatable bonds is 4. The maximum absolute atomic E-state index is 12.4. The summed E-state index contributed by atoms with van der Waals surface area (Å²) < 4.78 is 9.85. The van der Waals surface area contributed by atoms with Gasteiger partial charge in [0.05, 0.1) is 26.1 Å². The maximum Gasteiger partial charge on any atom is 0.310 e. The van der Waals surface area contributed by atoms with Gasteiger partial charge in [-0.2, -0.15) is 0 Å². The maximum atomic E-state index is 12.4. The molecule has 0 saturated carbocycles. The summed E-state index contributed by atoms with van der Waals surface area (Å²) in [5.74, 6) is -2.08. The van der Waals surface area contributed by atoms with Crippen LogP contribution in [0.4, 0.5) is 0 Å². The normalized spacial score (nSPS) is 24.1. The van der Waals surface area contributed by atoms with Gasteiger partial charge in [0.15, 0.2) is 0 Å². The molecule has 0 fully saturated rings. The Bertz CT molecular complexity index is 616. The zero-order chi connectivity index (χ0) is 16.8. The summed E-state index contributed by atoms with van der Waals surface area (Å²) in [5.41, 5.74) is 2.04. The third-order valence-electron chi connectivity index (χ3n) is 4.31. The molecule has 1 aliphatic rings. The first-order chi connectivity index (χ1) is 11.1. The van der Waals surface area contributed by atoms with Crippen LogP contribution >= 0.6 is 0 Å². The van der Waals surface area contributed by atoms with Crippen LogP contribution in [0.5, 0.6) is 0 Å². The van der Waals surface area contributed by atoms with Crippen molar-refractivity contribution in [2.45, 2.75) is 13.3 Å². The van der Waals surface area contributed by atoms with Gasteiger partial charge in [0, 0.05) is 5.92 Å². The molecule has 0 aromatic heterocycles. The molecule has 1 aromatic carbocycles. The Balaban J connectivity index is 2.45. The highest BCUT2D eigenvalue weighted by Crippen LogP contribution is 2.40. The van der Waals surface area contributed by atoms with E-state index >= 15 is 0 Å². The summed E-state index contributed by atoms with van der Waals surface area (Å²) in [6.07, 6.45) is 6.40. The topological polar surface area (TPSA) is 52.6 Å². The molecule has 0 N–H and O–H groups in total. The van der Waals surface area contributed by atoms with Crippen molar-refractivity contribution in [1.82, 2.24) is 0 Å². The number of ether oxygens (including phenoxy) is 2. The molecule has 0 heterocycles. The summed E-state index contributed by atoms with van der Waals surface area (Å²) in [6.45, 7) is 1.94. The first-order valence-electron chi connectivity index (χ1n) is 7.68. The van der Waals surface area contributed by atoms with Crippen molar-refractivity contribution in [3.05, 3.63) is 54.1 Å². The van der Waals surface area contributed by atoms with Crippen LogP contribution in [0.15, 0.2) is 48.6 Å². The van der Waals surface area contributed by atoms with Crippen LogP contribution in [-0.4, -0.2) is 26.2 Å². The Morgan fingerprint density at radius 3 is 2.30 bits per heavy atom. The van der Waals surface area contributed by atoms with Gasteiger partial charge in [-0.05, 0) is 24.5 Å². The molecule has 0 bridgehead atoms. The largest absolute Gasteiger partial charge is 0.469 e. The highest BCUT2D eigenvalue weighted by atomic mass is 16.5. The van der Waals surface area contributed by atoms with Crippen molar-refractivity contribution in [3.63, 3.8) is 0 Å². The standard InChI is InChI=1S/C19H22O4/c1-4-14(13-9-6-5-7-10-13)15-11-8-12-16(18(20)22-2)17(15)19(21)23-3/h4-11,15-17H,12H2,1-3H3/b14-4+/t15-,16-,17-/m1/s1. The molecule has 0 radical (unpaired) electrons. The van der Waals surface area contributed by atoms with E-state index in [2.05, 4.69) is 0 Å². The molecule has 23 heavy (non-hydrogen) atoms. The fourth-order valence-electron chi connectivity index (χ4n) is 3.21. The third-order valence-corrected chi connectivity index (χ3v) is 4.31. The molecule has 122 valence electrons. The van der Waals surface area contributed by atoms with Crippen LogP contribution in [0.3, 0.4) is 0 Å². The summed E-state index contributed by atoms with van der Waals surface area (Å²) in [5, 5.41) is 0. The second-order valence-electron chi connectivity index (χ2n) is 5.48.